The number of anilines is 2. The normalized spacial score (nSPS) is 10.6. The van der Waals surface area contributed by atoms with Crippen molar-refractivity contribution in [1.29, 1.82) is 0 Å². The molecule has 0 aliphatic heterocycles. The molecule has 1 heterocycles. The number of nitrogens with zero attached hydrogens (tertiary/aromatic N) is 3. The molecule has 1 N–H and O–H groups in total. The predicted octanol–water partition coefficient (Wildman–Crippen LogP) is 4.99. The van der Waals surface area contributed by atoms with Gasteiger partial charge in [0.15, 0.2) is 5.82 Å². The first-order valence-corrected chi connectivity index (χ1v) is 8.22. The van der Waals surface area contributed by atoms with Crippen LogP contribution in [0.25, 0.3) is 17.1 Å². The van der Waals surface area contributed by atoms with Crippen LogP contribution in [0.4, 0.5) is 11.6 Å². The predicted molar refractivity (Wildman–Crippen MR) is 101 cm³/mol. The van der Waals surface area contributed by atoms with E-state index < -0.39 is 0 Å². The van der Waals surface area contributed by atoms with Gasteiger partial charge >= 0.3 is 0 Å². The van der Waals surface area contributed by atoms with Gasteiger partial charge in [-0.15, -0.1) is 5.10 Å². The molecule has 25 heavy (non-hydrogen) atoms. The van der Waals surface area contributed by atoms with Gasteiger partial charge in [-0.05, 0) is 30.7 Å². The summed E-state index contributed by atoms with van der Waals surface area (Å²) in [5.74, 6) is 1.39. The summed E-state index contributed by atoms with van der Waals surface area (Å²) >= 11 is 0. The average Bonchev–Trinajstić information content (AvgIpc) is 3.09. The number of benzene rings is 3. The number of hydrogen-bond donors (Lipinski definition) is 1. The molecule has 3 aromatic carbocycles. The fourth-order valence-corrected chi connectivity index (χ4v) is 2.72. The fourth-order valence-electron chi connectivity index (χ4n) is 2.72. The first kappa shape index (κ1) is 15.1. The first-order valence-electron chi connectivity index (χ1n) is 8.22. The Bertz CT molecular complexity index is 918. The van der Waals surface area contributed by atoms with Crippen molar-refractivity contribution in [2.75, 3.05) is 5.32 Å². The third-order valence-electron chi connectivity index (χ3n) is 4.03. The Morgan fingerprint density at radius 1 is 0.760 bits per heavy atom. The second kappa shape index (κ2) is 6.61. The van der Waals surface area contributed by atoms with E-state index in [1.807, 2.05) is 83.5 Å². The lowest BCUT2D eigenvalue weighted by molar-refractivity contribution is 0.890. The van der Waals surface area contributed by atoms with Crippen LogP contribution in [0.15, 0.2) is 84.9 Å². The molecule has 1 aromatic heterocycles. The summed E-state index contributed by atoms with van der Waals surface area (Å²) in [6.45, 7) is 2.06. The third kappa shape index (κ3) is 3.15. The Hall–Kier alpha value is -3.40. The Labute approximate surface area is 146 Å². The Kier molecular flexibility index (Phi) is 4.01. The number of para-hydroxylation sites is 2. The number of rotatable bonds is 4. The Morgan fingerprint density at radius 3 is 2.12 bits per heavy atom. The van der Waals surface area contributed by atoms with E-state index in [-0.39, 0.29) is 0 Å². The molecule has 0 saturated heterocycles. The van der Waals surface area contributed by atoms with Crippen LogP contribution in [0.1, 0.15) is 5.56 Å². The molecule has 0 radical (unpaired) electrons. The average molecular weight is 326 g/mol. The van der Waals surface area contributed by atoms with Gasteiger partial charge in [0.25, 0.3) is 0 Å². The monoisotopic (exact) mass is 326 g/mol. The standard InChI is InChI=1S/C21H18N4/c1-16-10-8-9-15-19(16)22-21-23-20(17-11-4-2-5-12-17)25(24-21)18-13-6-3-7-14-18/h2-15H,1H3,(H,22,24). The summed E-state index contributed by atoms with van der Waals surface area (Å²) in [6, 6.07) is 28.3. The van der Waals surface area contributed by atoms with Crippen molar-refractivity contribution in [2.45, 2.75) is 6.92 Å². The largest absolute Gasteiger partial charge is 0.323 e. The highest BCUT2D eigenvalue weighted by Crippen LogP contribution is 2.24. The van der Waals surface area contributed by atoms with E-state index in [1.165, 1.54) is 0 Å². The summed E-state index contributed by atoms with van der Waals surface area (Å²) in [5, 5.41) is 8.02. The molecule has 0 aliphatic rings. The SMILES string of the molecule is Cc1ccccc1Nc1nc(-c2ccccc2)n(-c2ccccc2)n1. The quantitative estimate of drug-likeness (QED) is 0.575. The van der Waals surface area contributed by atoms with Gasteiger partial charge < -0.3 is 5.32 Å². The van der Waals surface area contributed by atoms with Crippen LogP contribution in [0.3, 0.4) is 0 Å². The molecule has 0 bridgehead atoms. The van der Waals surface area contributed by atoms with Gasteiger partial charge in [0.05, 0.1) is 5.69 Å². The smallest absolute Gasteiger partial charge is 0.247 e. The topological polar surface area (TPSA) is 42.7 Å². The van der Waals surface area contributed by atoms with E-state index in [9.17, 15) is 0 Å². The van der Waals surface area contributed by atoms with Crippen LogP contribution in [0.5, 0.6) is 0 Å². The van der Waals surface area contributed by atoms with Gasteiger partial charge in [0, 0.05) is 11.3 Å². The highest BCUT2D eigenvalue weighted by Gasteiger charge is 2.14. The van der Waals surface area contributed by atoms with Crippen molar-refractivity contribution in [3.8, 4) is 17.1 Å². The highest BCUT2D eigenvalue weighted by molar-refractivity contribution is 5.63. The zero-order valence-corrected chi connectivity index (χ0v) is 13.9. The molecule has 4 heteroatoms. The molecular formula is C21H18N4. The van der Waals surface area contributed by atoms with Crippen LogP contribution in [0, 0.1) is 6.92 Å². The Balaban J connectivity index is 1.80. The lowest BCUT2D eigenvalue weighted by Gasteiger charge is -2.05. The lowest BCUT2D eigenvalue weighted by Crippen LogP contribution is -2.00. The number of hydrogen-bond acceptors (Lipinski definition) is 3. The molecule has 122 valence electrons. The van der Waals surface area contributed by atoms with E-state index >= 15 is 0 Å². The molecular weight excluding hydrogens is 308 g/mol. The molecule has 0 aliphatic carbocycles. The lowest BCUT2D eigenvalue weighted by atomic mass is 10.2. The van der Waals surface area contributed by atoms with Gasteiger partial charge in [-0.2, -0.15) is 4.98 Å². The van der Waals surface area contributed by atoms with Crippen molar-refractivity contribution in [3.63, 3.8) is 0 Å². The van der Waals surface area contributed by atoms with E-state index in [0.717, 1.165) is 28.3 Å². The molecule has 0 unspecified atom stereocenters. The summed E-state index contributed by atoms with van der Waals surface area (Å²) in [4.78, 5) is 4.73. The fraction of sp³-hybridized carbons (Fsp3) is 0.0476. The summed E-state index contributed by atoms with van der Waals surface area (Å²) in [7, 11) is 0. The molecule has 0 fully saturated rings. The minimum absolute atomic E-state index is 0.581. The highest BCUT2D eigenvalue weighted by atomic mass is 15.4. The summed E-state index contributed by atoms with van der Waals surface area (Å²) in [5.41, 5.74) is 4.16. The van der Waals surface area contributed by atoms with E-state index in [2.05, 4.69) is 23.4 Å². The Morgan fingerprint density at radius 2 is 1.40 bits per heavy atom. The van der Waals surface area contributed by atoms with E-state index in [1.54, 1.807) is 0 Å². The van der Waals surface area contributed by atoms with Gasteiger partial charge in [-0.1, -0.05) is 66.7 Å². The maximum atomic E-state index is 4.73. The minimum atomic E-state index is 0.581. The number of aryl methyl sites for hydroxylation is 1. The van der Waals surface area contributed by atoms with Crippen molar-refractivity contribution < 1.29 is 0 Å². The first-order chi connectivity index (χ1) is 12.3. The van der Waals surface area contributed by atoms with E-state index in [4.69, 9.17) is 4.98 Å². The second-order valence-corrected chi connectivity index (χ2v) is 5.81. The number of aromatic nitrogens is 3. The maximum absolute atomic E-state index is 4.73. The van der Waals surface area contributed by atoms with Crippen molar-refractivity contribution in [2.24, 2.45) is 0 Å². The molecule has 4 nitrogen and oxygen atoms in total. The number of nitrogens with one attached hydrogen (secondary N) is 1. The molecule has 0 amide bonds. The third-order valence-corrected chi connectivity index (χ3v) is 4.03. The zero-order valence-electron chi connectivity index (χ0n) is 13.9. The van der Waals surface area contributed by atoms with Crippen LogP contribution < -0.4 is 5.32 Å². The van der Waals surface area contributed by atoms with Crippen molar-refractivity contribution in [3.05, 3.63) is 90.5 Å². The van der Waals surface area contributed by atoms with Gasteiger partial charge in [0.1, 0.15) is 0 Å². The molecule has 4 rings (SSSR count). The van der Waals surface area contributed by atoms with E-state index in [0.29, 0.717) is 5.95 Å². The zero-order chi connectivity index (χ0) is 17.1. The van der Waals surface area contributed by atoms with Crippen molar-refractivity contribution in [1.82, 2.24) is 14.8 Å². The van der Waals surface area contributed by atoms with Crippen LogP contribution in [-0.2, 0) is 0 Å². The van der Waals surface area contributed by atoms with Crippen molar-refractivity contribution >= 4 is 11.6 Å². The van der Waals surface area contributed by atoms with Crippen LogP contribution in [-0.4, -0.2) is 14.8 Å². The summed E-state index contributed by atoms with van der Waals surface area (Å²) < 4.78 is 1.87. The maximum Gasteiger partial charge on any atom is 0.247 e. The minimum Gasteiger partial charge on any atom is -0.323 e. The van der Waals surface area contributed by atoms with Crippen LogP contribution in [0.2, 0.25) is 0 Å². The molecule has 0 atom stereocenters. The molecule has 0 saturated carbocycles. The molecule has 4 aromatic rings. The van der Waals surface area contributed by atoms with Gasteiger partial charge in [-0.25, -0.2) is 4.68 Å². The summed E-state index contributed by atoms with van der Waals surface area (Å²) in [6.07, 6.45) is 0. The van der Waals surface area contributed by atoms with Crippen LogP contribution >= 0.6 is 0 Å². The van der Waals surface area contributed by atoms with Gasteiger partial charge in [0.2, 0.25) is 5.95 Å². The van der Waals surface area contributed by atoms with Gasteiger partial charge in [-0.3, -0.25) is 0 Å². The second-order valence-electron chi connectivity index (χ2n) is 5.81. The molecule has 0 spiro atoms.